The van der Waals surface area contributed by atoms with Crippen LogP contribution < -0.4 is 9.46 Å². The van der Waals surface area contributed by atoms with Crippen molar-refractivity contribution in [1.29, 1.82) is 0 Å². The Balaban J connectivity index is 1.61. The molecule has 3 rings (SSSR count). The molecule has 0 bridgehead atoms. The summed E-state index contributed by atoms with van der Waals surface area (Å²) >= 11 is 0. The van der Waals surface area contributed by atoms with E-state index in [0.29, 0.717) is 26.2 Å². The Bertz CT molecular complexity index is 817. The molecule has 26 heavy (non-hydrogen) atoms. The fraction of sp³-hybridized carbons (Fsp3) is 0.500. The molecule has 2 atom stereocenters. The number of hydrogen-bond donors (Lipinski definition) is 1. The summed E-state index contributed by atoms with van der Waals surface area (Å²) in [4.78, 5) is 0. The van der Waals surface area contributed by atoms with E-state index in [1.807, 2.05) is 41.9 Å². The molecule has 0 radical (unpaired) electrons. The zero-order valence-corrected chi connectivity index (χ0v) is 15.9. The zero-order valence-electron chi connectivity index (χ0n) is 15.1. The molecule has 2 unspecified atom stereocenters. The van der Waals surface area contributed by atoms with Crippen LogP contribution in [-0.4, -0.2) is 49.8 Å². The van der Waals surface area contributed by atoms with Gasteiger partial charge in [0.1, 0.15) is 5.75 Å². The molecule has 1 aromatic carbocycles. The summed E-state index contributed by atoms with van der Waals surface area (Å²) in [5.74, 6) is 0.797. The van der Waals surface area contributed by atoms with Gasteiger partial charge in [0, 0.05) is 30.5 Å². The van der Waals surface area contributed by atoms with Crippen molar-refractivity contribution in [2.24, 2.45) is 5.92 Å². The SMILES string of the molecule is CCS(=O)(=O)NC1CCOCC1COc1ccc(-n2nccc2C)cc1. The molecular weight excluding hydrogens is 354 g/mol. The summed E-state index contributed by atoms with van der Waals surface area (Å²) in [6.45, 7) is 5.08. The van der Waals surface area contributed by atoms with Crippen LogP contribution >= 0.6 is 0 Å². The first-order chi connectivity index (χ1) is 12.5. The van der Waals surface area contributed by atoms with Crippen LogP contribution in [-0.2, 0) is 14.8 Å². The second kappa shape index (κ2) is 8.20. The van der Waals surface area contributed by atoms with Gasteiger partial charge in [0.25, 0.3) is 0 Å². The molecule has 1 aromatic heterocycles. The van der Waals surface area contributed by atoms with E-state index in [1.165, 1.54) is 0 Å². The lowest BCUT2D eigenvalue weighted by Crippen LogP contribution is -2.47. The monoisotopic (exact) mass is 379 g/mol. The average molecular weight is 379 g/mol. The van der Waals surface area contributed by atoms with Crippen molar-refractivity contribution in [2.75, 3.05) is 25.6 Å². The van der Waals surface area contributed by atoms with Crippen molar-refractivity contribution >= 4 is 10.0 Å². The molecule has 1 saturated heterocycles. The normalized spacial score (nSPS) is 20.8. The van der Waals surface area contributed by atoms with Gasteiger partial charge in [-0.05, 0) is 50.6 Å². The summed E-state index contributed by atoms with van der Waals surface area (Å²) < 4.78 is 39.7. The maximum atomic E-state index is 11.9. The lowest BCUT2D eigenvalue weighted by molar-refractivity contribution is 0.0186. The fourth-order valence-electron chi connectivity index (χ4n) is 2.96. The molecule has 1 N–H and O–H groups in total. The van der Waals surface area contributed by atoms with E-state index in [4.69, 9.17) is 9.47 Å². The number of nitrogens with zero attached hydrogens (tertiary/aromatic N) is 2. The third kappa shape index (κ3) is 4.63. The van der Waals surface area contributed by atoms with Gasteiger partial charge in [0.2, 0.25) is 10.0 Å². The number of rotatable bonds is 7. The van der Waals surface area contributed by atoms with E-state index < -0.39 is 10.0 Å². The minimum absolute atomic E-state index is 0.0156. The van der Waals surface area contributed by atoms with Gasteiger partial charge in [-0.3, -0.25) is 0 Å². The van der Waals surface area contributed by atoms with Crippen LogP contribution in [0.15, 0.2) is 36.5 Å². The van der Waals surface area contributed by atoms with Gasteiger partial charge in [0.15, 0.2) is 0 Å². The van der Waals surface area contributed by atoms with Crippen LogP contribution in [0.5, 0.6) is 5.75 Å². The van der Waals surface area contributed by atoms with E-state index in [0.717, 1.165) is 17.1 Å². The average Bonchev–Trinajstić information content (AvgIpc) is 3.07. The van der Waals surface area contributed by atoms with Crippen molar-refractivity contribution in [2.45, 2.75) is 26.3 Å². The summed E-state index contributed by atoms with van der Waals surface area (Å²) in [6.07, 6.45) is 2.42. The molecule has 142 valence electrons. The summed E-state index contributed by atoms with van der Waals surface area (Å²) in [5, 5.41) is 4.28. The summed E-state index contributed by atoms with van der Waals surface area (Å²) in [5.41, 5.74) is 2.03. The van der Waals surface area contributed by atoms with Crippen molar-refractivity contribution in [3.05, 3.63) is 42.2 Å². The van der Waals surface area contributed by atoms with Crippen molar-refractivity contribution in [3.63, 3.8) is 0 Å². The Hall–Kier alpha value is -1.90. The lowest BCUT2D eigenvalue weighted by atomic mass is 9.98. The number of aromatic nitrogens is 2. The third-order valence-corrected chi connectivity index (χ3v) is 5.98. The van der Waals surface area contributed by atoms with E-state index in [9.17, 15) is 8.42 Å². The molecule has 1 aliphatic heterocycles. The summed E-state index contributed by atoms with van der Waals surface area (Å²) in [7, 11) is -3.24. The van der Waals surface area contributed by atoms with Gasteiger partial charge in [-0.25, -0.2) is 17.8 Å². The van der Waals surface area contributed by atoms with Crippen LogP contribution in [0.4, 0.5) is 0 Å². The minimum Gasteiger partial charge on any atom is -0.493 e. The zero-order chi connectivity index (χ0) is 18.6. The topological polar surface area (TPSA) is 82.5 Å². The maximum Gasteiger partial charge on any atom is 0.211 e. The predicted molar refractivity (Wildman–Crippen MR) is 99.1 cm³/mol. The molecular formula is C18H25N3O4S. The molecule has 2 heterocycles. The van der Waals surface area contributed by atoms with Crippen molar-refractivity contribution in [1.82, 2.24) is 14.5 Å². The van der Waals surface area contributed by atoms with Gasteiger partial charge in [-0.2, -0.15) is 5.10 Å². The van der Waals surface area contributed by atoms with E-state index >= 15 is 0 Å². The van der Waals surface area contributed by atoms with E-state index in [-0.39, 0.29) is 17.7 Å². The second-order valence-corrected chi connectivity index (χ2v) is 8.48. The Morgan fingerprint density at radius 3 is 2.73 bits per heavy atom. The minimum atomic E-state index is -3.24. The number of aryl methyl sites for hydroxylation is 1. The number of ether oxygens (including phenoxy) is 2. The molecule has 0 aliphatic carbocycles. The third-order valence-electron chi connectivity index (χ3n) is 4.56. The van der Waals surface area contributed by atoms with Gasteiger partial charge in [-0.15, -0.1) is 0 Å². The second-order valence-electron chi connectivity index (χ2n) is 6.44. The Labute approximate surface area is 154 Å². The Morgan fingerprint density at radius 2 is 2.08 bits per heavy atom. The Morgan fingerprint density at radius 1 is 1.31 bits per heavy atom. The highest BCUT2D eigenvalue weighted by atomic mass is 32.2. The molecule has 1 fully saturated rings. The first-order valence-corrected chi connectivity index (χ1v) is 10.5. The number of benzene rings is 1. The quantitative estimate of drug-likeness (QED) is 0.795. The fourth-order valence-corrected chi connectivity index (χ4v) is 3.90. The Kier molecular flexibility index (Phi) is 5.95. The summed E-state index contributed by atoms with van der Waals surface area (Å²) in [6, 6.07) is 9.48. The largest absolute Gasteiger partial charge is 0.493 e. The van der Waals surface area contributed by atoms with Crippen LogP contribution in [0.2, 0.25) is 0 Å². The molecule has 8 heteroatoms. The van der Waals surface area contributed by atoms with Crippen LogP contribution in [0.1, 0.15) is 19.0 Å². The van der Waals surface area contributed by atoms with Gasteiger partial charge < -0.3 is 9.47 Å². The molecule has 0 spiro atoms. The van der Waals surface area contributed by atoms with Crippen molar-refractivity contribution in [3.8, 4) is 11.4 Å². The van der Waals surface area contributed by atoms with Crippen LogP contribution in [0.25, 0.3) is 5.69 Å². The van der Waals surface area contributed by atoms with Gasteiger partial charge in [0.05, 0.1) is 24.7 Å². The smallest absolute Gasteiger partial charge is 0.211 e. The van der Waals surface area contributed by atoms with Gasteiger partial charge >= 0.3 is 0 Å². The molecule has 0 saturated carbocycles. The van der Waals surface area contributed by atoms with Gasteiger partial charge in [-0.1, -0.05) is 0 Å². The molecule has 2 aromatic rings. The molecule has 0 amide bonds. The predicted octanol–water partition coefficient (Wildman–Crippen LogP) is 1.90. The first kappa shape index (κ1) is 18.9. The maximum absolute atomic E-state index is 11.9. The lowest BCUT2D eigenvalue weighted by Gasteiger charge is -2.31. The van der Waals surface area contributed by atoms with E-state index in [2.05, 4.69) is 9.82 Å². The van der Waals surface area contributed by atoms with Crippen molar-refractivity contribution < 1.29 is 17.9 Å². The molecule has 7 nitrogen and oxygen atoms in total. The molecule has 1 aliphatic rings. The number of hydrogen-bond acceptors (Lipinski definition) is 5. The standard InChI is InChI=1S/C18H25N3O4S/c1-3-26(22,23)20-18-9-11-24-12-15(18)13-25-17-6-4-16(5-7-17)21-14(2)8-10-19-21/h4-8,10,15,18,20H,3,9,11-13H2,1-2H3. The van der Waals surface area contributed by atoms with Crippen LogP contribution in [0.3, 0.4) is 0 Å². The highest BCUT2D eigenvalue weighted by molar-refractivity contribution is 7.89. The highest BCUT2D eigenvalue weighted by Gasteiger charge is 2.29. The number of nitrogens with one attached hydrogen (secondary N) is 1. The van der Waals surface area contributed by atoms with E-state index in [1.54, 1.807) is 13.1 Å². The first-order valence-electron chi connectivity index (χ1n) is 8.80. The highest BCUT2D eigenvalue weighted by Crippen LogP contribution is 2.20. The van der Waals surface area contributed by atoms with Crippen LogP contribution in [0, 0.1) is 12.8 Å². The number of sulfonamides is 1.